The van der Waals surface area contributed by atoms with Crippen molar-refractivity contribution < 1.29 is 4.74 Å². The normalized spacial score (nSPS) is 28.9. The predicted octanol–water partition coefficient (Wildman–Crippen LogP) is 2.44. The van der Waals surface area contributed by atoms with Crippen LogP contribution in [0.15, 0.2) is 0 Å². The molecule has 2 nitrogen and oxygen atoms in total. The molecule has 0 heterocycles. The lowest BCUT2D eigenvalue weighted by molar-refractivity contribution is 0.00851. The molecule has 0 radical (unpaired) electrons. The molecule has 0 saturated heterocycles. The third-order valence-corrected chi connectivity index (χ3v) is 3.35. The predicted molar refractivity (Wildman–Crippen MR) is 60.4 cm³/mol. The second kappa shape index (κ2) is 4.63. The average molecular weight is 199 g/mol. The maximum absolute atomic E-state index is 5.41. The van der Waals surface area contributed by atoms with Gasteiger partial charge in [0, 0.05) is 13.2 Å². The molecule has 0 spiro atoms. The van der Waals surface area contributed by atoms with Crippen LogP contribution in [0.2, 0.25) is 0 Å². The maximum Gasteiger partial charge on any atom is 0.0637 e. The molecule has 1 rings (SSSR count). The second-order valence-corrected chi connectivity index (χ2v) is 5.45. The molecule has 1 fully saturated rings. The molecule has 0 bridgehead atoms. The van der Waals surface area contributed by atoms with Gasteiger partial charge in [-0.1, -0.05) is 6.92 Å². The van der Waals surface area contributed by atoms with E-state index in [2.05, 4.69) is 33.0 Å². The van der Waals surface area contributed by atoms with Crippen molar-refractivity contribution in [3.63, 3.8) is 0 Å². The van der Waals surface area contributed by atoms with E-state index in [0.29, 0.717) is 6.04 Å². The number of rotatable bonds is 6. The SMILES string of the molecule is COC(C)(C)CC(C)NCC1CC1C. The Morgan fingerprint density at radius 3 is 2.50 bits per heavy atom. The first kappa shape index (κ1) is 12.0. The monoisotopic (exact) mass is 199 g/mol. The van der Waals surface area contributed by atoms with Crippen LogP contribution in [-0.2, 0) is 4.74 Å². The summed E-state index contributed by atoms with van der Waals surface area (Å²) in [5.41, 5.74) is 0.00157. The van der Waals surface area contributed by atoms with Gasteiger partial charge in [0.05, 0.1) is 5.60 Å². The molecule has 1 aliphatic rings. The van der Waals surface area contributed by atoms with E-state index in [9.17, 15) is 0 Å². The molecule has 0 aliphatic heterocycles. The standard InChI is InChI=1S/C12H25NO/c1-9-6-11(9)8-13-10(2)7-12(3,4)14-5/h9-11,13H,6-8H2,1-5H3. The summed E-state index contributed by atoms with van der Waals surface area (Å²) in [6.45, 7) is 10.0. The van der Waals surface area contributed by atoms with Crippen molar-refractivity contribution in [1.29, 1.82) is 0 Å². The van der Waals surface area contributed by atoms with Gasteiger partial charge < -0.3 is 10.1 Å². The molecular weight excluding hydrogens is 174 g/mol. The van der Waals surface area contributed by atoms with E-state index in [1.165, 1.54) is 13.0 Å². The van der Waals surface area contributed by atoms with Crippen LogP contribution in [0.3, 0.4) is 0 Å². The Kier molecular flexibility index (Phi) is 3.96. The van der Waals surface area contributed by atoms with Gasteiger partial charge in [0.1, 0.15) is 0 Å². The van der Waals surface area contributed by atoms with Gasteiger partial charge in [0.2, 0.25) is 0 Å². The fourth-order valence-corrected chi connectivity index (χ4v) is 1.93. The van der Waals surface area contributed by atoms with Gasteiger partial charge in [-0.15, -0.1) is 0 Å². The fraction of sp³-hybridized carbons (Fsp3) is 1.00. The lowest BCUT2D eigenvalue weighted by Crippen LogP contribution is -2.36. The molecule has 1 N–H and O–H groups in total. The van der Waals surface area contributed by atoms with Crippen LogP contribution in [0.5, 0.6) is 0 Å². The Morgan fingerprint density at radius 2 is 2.07 bits per heavy atom. The highest BCUT2D eigenvalue weighted by Gasteiger charge is 2.32. The van der Waals surface area contributed by atoms with Crippen molar-refractivity contribution in [2.24, 2.45) is 11.8 Å². The summed E-state index contributed by atoms with van der Waals surface area (Å²) in [5.74, 6) is 1.88. The Labute approximate surface area is 88.4 Å². The van der Waals surface area contributed by atoms with E-state index in [1.807, 2.05) is 0 Å². The summed E-state index contributed by atoms with van der Waals surface area (Å²) in [6.07, 6.45) is 2.48. The summed E-state index contributed by atoms with van der Waals surface area (Å²) in [4.78, 5) is 0. The first-order valence-corrected chi connectivity index (χ1v) is 5.73. The zero-order valence-corrected chi connectivity index (χ0v) is 10.3. The van der Waals surface area contributed by atoms with Crippen molar-refractivity contribution in [2.75, 3.05) is 13.7 Å². The minimum atomic E-state index is 0.00157. The van der Waals surface area contributed by atoms with Crippen LogP contribution in [-0.4, -0.2) is 25.3 Å². The van der Waals surface area contributed by atoms with Crippen molar-refractivity contribution in [3.8, 4) is 0 Å². The summed E-state index contributed by atoms with van der Waals surface area (Å²) in [5, 5.41) is 3.59. The lowest BCUT2D eigenvalue weighted by atomic mass is 10.00. The summed E-state index contributed by atoms with van der Waals surface area (Å²) >= 11 is 0. The van der Waals surface area contributed by atoms with E-state index >= 15 is 0 Å². The van der Waals surface area contributed by atoms with E-state index < -0.39 is 0 Å². The van der Waals surface area contributed by atoms with Crippen LogP contribution >= 0.6 is 0 Å². The van der Waals surface area contributed by atoms with E-state index in [4.69, 9.17) is 4.74 Å². The Bertz CT molecular complexity index is 179. The number of nitrogens with one attached hydrogen (secondary N) is 1. The minimum Gasteiger partial charge on any atom is -0.379 e. The maximum atomic E-state index is 5.41. The zero-order chi connectivity index (χ0) is 10.8. The molecule has 84 valence electrons. The van der Waals surface area contributed by atoms with Gasteiger partial charge >= 0.3 is 0 Å². The lowest BCUT2D eigenvalue weighted by Gasteiger charge is -2.27. The first-order chi connectivity index (χ1) is 6.44. The number of ether oxygens (including phenoxy) is 1. The van der Waals surface area contributed by atoms with Crippen LogP contribution in [0, 0.1) is 11.8 Å². The Hall–Kier alpha value is -0.0800. The highest BCUT2D eigenvalue weighted by atomic mass is 16.5. The summed E-state index contributed by atoms with van der Waals surface area (Å²) in [7, 11) is 1.79. The molecule has 0 amide bonds. The van der Waals surface area contributed by atoms with Crippen LogP contribution in [0.4, 0.5) is 0 Å². The second-order valence-electron chi connectivity index (χ2n) is 5.45. The number of hydrogen-bond acceptors (Lipinski definition) is 2. The third-order valence-electron chi connectivity index (χ3n) is 3.35. The molecule has 0 aromatic carbocycles. The van der Waals surface area contributed by atoms with Gasteiger partial charge in [0.15, 0.2) is 0 Å². The van der Waals surface area contributed by atoms with Gasteiger partial charge in [-0.05, 0) is 52.0 Å². The highest BCUT2D eigenvalue weighted by Crippen LogP contribution is 2.36. The minimum absolute atomic E-state index is 0.00157. The highest BCUT2D eigenvalue weighted by molar-refractivity contribution is 4.85. The molecule has 14 heavy (non-hydrogen) atoms. The third kappa shape index (κ3) is 3.97. The molecule has 1 aliphatic carbocycles. The molecule has 2 heteroatoms. The molecule has 1 saturated carbocycles. The zero-order valence-electron chi connectivity index (χ0n) is 10.3. The van der Waals surface area contributed by atoms with Gasteiger partial charge in [-0.2, -0.15) is 0 Å². The molecule has 0 aromatic heterocycles. The van der Waals surface area contributed by atoms with Gasteiger partial charge in [-0.25, -0.2) is 0 Å². The quantitative estimate of drug-likeness (QED) is 0.709. The summed E-state index contributed by atoms with van der Waals surface area (Å²) in [6, 6.07) is 0.553. The Morgan fingerprint density at radius 1 is 1.50 bits per heavy atom. The summed E-state index contributed by atoms with van der Waals surface area (Å²) < 4.78 is 5.41. The molecular formula is C12H25NO. The van der Waals surface area contributed by atoms with Crippen molar-refractivity contribution in [2.45, 2.75) is 52.2 Å². The fourth-order valence-electron chi connectivity index (χ4n) is 1.93. The van der Waals surface area contributed by atoms with Gasteiger partial charge in [-0.3, -0.25) is 0 Å². The van der Waals surface area contributed by atoms with Gasteiger partial charge in [0.25, 0.3) is 0 Å². The number of methoxy groups -OCH3 is 1. The average Bonchev–Trinajstić information content (AvgIpc) is 2.78. The van der Waals surface area contributed by atoms with Crippen LogP contribution in [0.25, 0.3) is 0 Å². The first-order valence-electron chi connectivity index (χ1n) is 5.73. The van der Waals surface area contributed by atoms with E-state index in [0.717, 1.165) is 18.3 Å². The largest absolute Gasteiger partial charge is 0.379 e. The number of hydrogen-bond donors (Lipinski definition) is 1. The van der Waals surface area contributed by atoms with E-state index in [1.54, 1.807) is 7.11 Å². The van der Waals surface area contributed by atoms with Crippen molar-refractivity contribution in [3.05, 3.63) is 0 Å². The van der Waals surface area contributed by atoms with Crippen LogP contribution in [0.1, 0.15) is 40.5 Å². The molecule has 3 unspecified atom stereocenters. The van der Waals surface area contributed by atoms with Crippen molar-refractivity contribution in [1.82, 2.24) is 5.32 Å². The van der Waals surface area contributed by atoms with E-state index in [-0.39, 0.29) is 5.60 Å². The molecule has 3 atom stereocenters. The molecule has 0 aromatic rings. The van der Waals surface area contributed by atoms with Crippen molar-refractivity contribution >= 4 is 0 Å². The Balaban J connectivity index is 2.12. The smallest absolute Gasteiger partial charge is 0.0637 e. The topological polar surface area (TPSA) is 21.3 Å². The van der Waals surface area contributed by atoms with Crippen LogP contribution < -0.4 is 5.32 Å².